The Labute approximate surface area is 106 Å². The molecule has 1 aliphatic rings. The van der Waals surface area contributed by atoms with E-state index in [9.17, 15) is 0 Å². The molecule has 3 nitrogen and oxygen atoms in total. The molecule has 2 aromatic rings. The number of nitrogens with zero attached hydrogens (tertiary/aromatic N) is 2. The Balaban J connectivity index is 1.60. The molecule has 1 saturated heterocycles. The van der Waals surface area contributed by atoms with E-state index in [1.807, 2.05) is 6.07 Å². The second-order valence-corrected chi connectivity index (χ2v) is 5.28. The molecule has 0 radical (unpaired) electrons. The van der Waals surface area contributed by atoms with Gasteiger partial charge < -0.3 is 10.2 Å². The first-order valence-electron chi connectivity index (χ1n) is 6.24. The Morgan fingerprint density at radius 2 is 2.06 bits per heavy atom. The number of rotatable bonds is 4. The van der Waals surface area contributed by atoms with E-state index in [2.05, 4.69) is 32.8 Å². The van der Waals surface area contributed by atoms with Crippen molar-refractivity contribution in [3.63, 3.8) is 0 Å². The van der Waals surface area contributed by atoms with Crippen molar-refractivity contribution in [2.45, 2.75) is 12.8 Å². The Bertz CT molecular complexity index is 488. The second-order valence-electron chi connectivity index (χ2n) is 4.50. The molecule has 90 valence electrons. The predicted molar refractivity (Wildman–Crippen MR) is 73.8 cm³/mol. The molecule has 4 heteroatoms. The fraction of sp³-hybridized carbons (Fsp3) is 0.462. The molecule has 0 spiro atoms. The number of hydrogen-bond donors (Lipinski definition) is 1. The smallest absolute Gasteiger partial charge is 0.117 e. The van der Waals surface area contributed by atoms with Gasteiger partial charge in [-0.1, -0.05) is 12.1 Å². The summed E-state index contributed by atoms with van der Waals surface area (Å²) in [6.07, 6.45) is 2.73. The van der Waals surface area contributed by atoms with Crippen LogP contribution >= 0.6 is 11.5 Å². The molecule has 2 heterocycles. The van der Waals surface area contributed by atoms with Crippen molar-refractivity contribution in [3.8, 4) is 0 Å². The van der Waals surface area contributed by atoms with Crippen LogP contribution in [-0.2, 0) is 0 Å². The molecule has 1 aromatic carbocycles. The topological polar surface area (TPSA) is 28.2 Å². The first kappa shape index (κ1) is 11.0. The van der Waals surface area contributed by atoms with Gasteiger partial charge in [0.2, 0.25) is 0 Å². The molecule has 0 saturated carbocycles. The Hall–Kier alpha value is -1.13. The van der Waals surface area contributed by atoms with Gasteiger partial charge in [0, 0.05) is 18.5 Å². The molecule has 3 rings (SSSR count). The first-order valence-corrected chi connectivity index (χ1v) is 7.01. The van der Waals surface area contributed by atoms with Gasteiger partial charge in [-0.05, 0) is 49.6 Å². The van der Waals surface area contributed by atoms with Crippen LogP contribution in [-0.4, -0.2) is 35.5 Å². The predicted octanol–water partition coefficient (Wildman–Crippen LogP) is 2.80. The number of anilines is 1. The first-order chi connectivity index (χ1) is 8.43. The lowest BCUT2D eigenvalue weighted by Crippen LogP contribution is -2.25. The average Bonchev–Trinajstić information content (AvgIpc) is 2.99. The van der Waals surface area contributed by atoms with Crippen molar-refractivity contribution < 1.29 is 0 Å². The van der Waals surface area contributed by atoms with Gasteiger partial charge in [0.05, 0.1) is 5.52 Å². The zero-order chi connectivity index (χ0) is 11.5. The summed E-state index contributed by atoms with van der Waals surface area (Å²) < 4.78 is 4.43. The van der Waals surface area contributed by atoms with Gasteiger partial charge in [0.15, 0.2) is 0 Å². The third-order valence-electron chi connectivity index (χ3n) is 3.30. The maximum Gasteiger partial charge on any atom is 0.117 e. The third kappa shape index (κ3) is 2.42. The summed E-state index contributed by atoms with van der Waals surface area (Å²) in [4.78, 5) is 2.52. The average molecular weight is 247 g/mol. The van der Waals surface area contributed by atoms with Gasteiger partial charge >= 0.3 is 0 Å². The Kier molecular flexibility index (Phi) is 3.25. The Morgan fingerprint density at radius 3 is 2.94 bits per heavy atom. The summed E-state index contributed by atoms with van der Waals surface area (Å²) in [6.45, 7) is 4.70. The normalized spacial score (nSPS) is 16.7. The quantitative estimate of drug-likeness (QED) is 0.900. The summed E-state index contributed by atoms with van der Waals surface area (Å²) >= 11 is 1.57. The largest absolute Gasteiger partial charge is 0.374 e. The van der Waals surface area contributed by atoms with E-state index >= 15 is 0 Å². The van der Waals surface area contributed by atoms with Crippen molar-refractivity contribution >= 4 is 27.4 Å². The minimum Gasteiger partial charge on any atom is -0.374 e. The van der Waals surface area contributed by atoms with Gasteiger partial charge in [-0.2, -0.15) is 4.37 Å². The lowest BCUT2D eigenvalue weighted by Gasteiger charge is -2.14. The molecular weight excluding hydrogens is 230 g/mol. The number of fused-ring (bicyclic) bond motifs is 1. The van der Waals surface area contributed by atoms with Crippen molar-refractivity contribution in [1.29, 1.82) is 0 Å². The third-order valence-corrected chi connectivity index (χ3v) is 4.13. The summed E-state index contributed by atoms with van der Waals surface area (Å²) in [5.74, 6) is 0. The van der Waals surface area contributed by atoms with Crippen LogP contribution in [0.3, 0.4) is 0 Å². The maximum absolute atomic E-state index is 4.43. The van der Waals surface area contributed by atoms with Crippen LogP contribution < -0.4 is 5.32 Å². The number of likely N-dealkylation sites (tertiary alicyclic amines) is 1. The van der Waals surface area contributed by atoms with Gasteiger partial charge in [0.25, 0.3) is 0 Å². The van der Waals surface area contributed by atoms with E-state index in [1.165, 1.54) is 36.3 Å². The second kappa shape index (κ2) is 5.02. The minimum absolute atomic E-state index is 1.02. The van der Waals surface area contributed by atoms with Crippen LogP contribution in [0.5, 0.6) is 0 Å². The number of hydrogen-bond acceptors (Lipinski definition) is 4. The molecule has 0 unspecified atom stereocenters. The molecule has 1 fully saturated rings. The minimum atomic E-state index is 1.02. The highest BCUT2D eigenvalue weighted by molar-refractivity contribution is 7.11. The molecule has 0 aliphatic carbocycles. The van der Waals surface area contributed by atoms with Gasteiger partial charge in [-0.15, -0.1) is 0 Å². The van der Waals surface area contributed by atoms with Crippen LogP contribution in [0.25, 0.3) is 10.9 Å². The zero-order valence-corrected chi connectivity index (χ0v) is 10.7. The molecule has 17 heavy (non-hydrogen) atoms. The number of nitrogens with one attached hydrogen (secondary N) is 1. The molecule has 1 aliphatic heterocycles. The lowest BCUT2D eigenvalue weighted by molar-refractivity contribution is 0.353. The summed E-state index contributed by atoms with van der Waals surface area (Å²) in [5, 5.41) is 5.97. The van der Waals surface area contributed by atoms with Crippen molar-refractivity contribution in [1.82, 2.24) is 9.27 Å². The SMILES string of the molecule is c1ccc2c(NCCN3CCCC3)snc2c1. The van der Waals surface area contributed by atoms with Crippen molar-refractivity contribution in [2.75, 3.05) is 31.5 Å². The Morgan fingerprint density at radius 1 is 1.24 bits per heavy atom. The van der Waals surface area contributed by atoms with Gasteiger partial charge in [-0.3, -0.25) is 0 Å². The molecule has 0 atom stereocenters. The van der Waals surface area contributed by atoms with E-state index in [1.54, 1.807) is 11.5 Å². The van der Waals surface area contributed by atoms with Crippen molar-refractivity contribution in [3.05, 3.63) is 24.3 Å². The number of benzene rings is 1. The van der Waals surface area contributed by atoms with Gasteiger partial charge in [-0.25, -0.2) is 0 Å². The highest BCUT2D eigenvalue weighted by atomic mass is 32.1. The monoisotopic (exact) mass is 247 g/mol. The molecule has 0 amide bonds. The van der Waals surface area contributed by atoms with E-state index in [-0.39, 0.29) is 0 Å². The maximum atomic E-state index is 4.43. The lowest BCUT2D eigenvalue weighted by atomic mass is 10.2. The van der Waals surface area contributed by atoms with Crippen LogP contribution in [0.1, 0.15) is 12.8 Å². The zero-order valence-electron chi connectivity index (χ0n) is 9.85. The van der Waals surface area contributed by atoms with E-state index < -0.39 is 0 Å². The standard InChI is InChI=1S/C13H17N3S/c1-2-6-12-11(5-1)13(17-15-12)14-7-10-16-8-3-4-9-16/h1-2,5-6,14H,3-4,7-10H2. The highest BCUT2D eigenvalue weighted by Gasteiger charge is 2.11. The van der Waals surface area contributed by atoms with Crippen molar-refractivity contribution in [2.24, 2.45) is 0 Å². The fourth-order valence-electron chi connectivity index (χ4n) is 2.35. The van der Waals surface area contributed by atoms with Crippen LogP contribution in [0, 0.1) is 0 Å². The van der Waals surface area contributed by atoms with Crippen LogP contribution in [0.4, 0.5) is 5.00 Å². The fourth-order valence-corrected chi connectivity index (χ4v) is 3.14. The van der Waals surface area contributed by atoms with E-state index in [0.29, 0.717) is 0 Å². The number of aromatic nitrogens is 1. The molecule has 0 bridgehead atoms. The summed E-state index contributed by atoms with van der Waals surface area (Å²) in [5.41, 5.74) is 1.10. The summed E-state index contributed by atoms with van der Waals surface area (Å²) in [7, 11) is 0. The van der Waals surface area contributed by atoms with Crippen LogP contribution in [0.2, 0.25) is 0 Å². The van der Waals surface area contributed by atoms with Gasteiger partial charge in [0.1, 0.15) is 5.00 Å². The molecular formula is C13H17N3S. The highest BCUT2D eigenvalue weighted by Crippen LogP contribution is 2.26. The van der Waals surface area contributed by atoms with E-state index in [4.69, 9.17) is 0 Å². The van der Waals surface area contributed by atoms with E-state index in [0.717, 1.165) is 18.6 Å². The van der Waals surface area contributed by atoms with Crippen LogP contribution in [0.15, 0.2) is 24.3 Å². The summed E-state index contributed by atoms with van der Waals surface area (Å²) in [6, 6.07) is 8.31. The molecule has 1 aromatic heterocycles. The molecule has 1 N–H and O–H groups in total.